The zero-order chi connectivity index (χ0) is 22.4. The predicted molar refractivity (Wildman–Crippen MR) is 114 cm³/mol. The van der Waals surface area contributed by atoms with Crippen LogP contribution in [0.2, 0.25) is 0 Å². The van der Waals surface area contributed by atoms with E-state index in [1.807, 2.05) is 4.90 Å². The Morgan fingerprint density at radius 2 is 1.61 bits per heavy atom. The van der Waals surface area contributed by atoms with Crippen LogP contribution in [0.5, 0.6) is 0 Å². The van der Waals surface area contributed by atoms with E-state index in [2.05, 4.69) is 10.0 Å². The van der Waals surface area contributed by atoms with E-state index >= 15 is 0 Å². The van der Waals surface area contributed by atoms with Gasteiger partial charge in [-0.1, -0.05) is 18.2 Å². The largest absolute Gasteiger partial charge is 0.339 e. The number of benzene rings is 2. The van der Waals surface area contributed by atoms with Crippen LogP contribution in [0.15, 0.2) is 59.5 Å². The number of hydrogen-bond acceptors (Lipinski definition) is 5. The summed E-state index contributed by atoms with van der Waals surface area (Å²) in [5, 5.41) is 2.71. The van der Waals surface area contributed by atoms with Crippen LogP contribution in [0.4, 0.5) is 10.1 Å². The third kappa shape index (κ3) is 6.33. The highest BCUT2D eigenvalue weighted by molar-refractivity contribution is 7.89. The Kier molecular flexibility index (Phi) is 7.37. The van der Waals surface area contributed by atoms with Crippen LogP contribution < -0.4 is 10.0 Å². The van der Waals surface area contributed by atoms with Crippen molar-refractivity contribution >= 4 is 27.5 Å². The number of rotatable bonds is 7. The molecule has 0 bridgehead atoms. The fourth-order valence-corrected chi connectivity index (χ4v) is 4.51. The van der Waals surface area contributed by atoms with Crippen molar-refractivity contribution in [2.45, 2.75) is 17.9 Å². The number of halogens is 1. The Morgan fingerprint density at radius 1 is 1.00 bits per heavy atom. The molecule has 1 atom stereocenters. The van der Waals surface area contributed by atoms with E-state index in [0.29, 0.717) is 31.9 Å². The van der Waals surface area contributed by atoms with Gasteiger partial charge in [-0.3, -0.25) is 14.5 Å². The summed E-state index contributed by atoms with van der Waals surface area (Å²) >= 11 is 0. The van der Waals surface area contributed by atoms with Crippen LogP contribution >= 0.6 is 0 Å². The van der Waals surface area contributed by atoms with E-state index < -0.39 is 16.1 Å². The molecule has 1 aliphatic rings. The fourth-order valence-electron chi connectivity index (χ4n) is 3.29. The molecule has 2 amide bonds. The number of piperazine rings is 1. The second kappa shape index (κ2) is 9.99. The van der Waals surface area contributed by atoms with Crippen LogP contribution in [-0.2, 0) is 19.6 Å². The van der Waals surface area contributed by atoms with Crippen molar-refractivity contribution in [2.24, 2.45) is 0 Å². The monoisotopic (exact) mass is 448 g/mol. The second-order valence-electron chi connectivity index (χ2n) is 7.31. The highest BCUT2D eigenvalue weighted by atomic mass is 32.2. The van der Waals surface area contributed by atoms with Gasteiger partial charge in [-0.15, -0.1) is 0 Å². The molecule has 0 aromatic heterocycles. The lowest BCUT2D eigenvalue weighted by molar-refractivity contribution is -0.134. The maximum Gasteiger partial charge on any atom is 0.241 e. The van der Waals surface area contributed by atoms with E-state index in [1.54, 1.807) is 23.1 Å². The molecule has 1 saturated heterocycles. The average Bonchev–Trinajstić information content (AvgIpc) is 2.75. The Labute approximate surface area is 181 Å². The summed E-state index contributed by atoms with van der Waals surface area (Å²) in [6.45, 7) is 3.42. The van der Waals surface area contributed by atoms with Crippen molar-refractivity contribution in [1.82, 2.24) is 14.5 Å². The van der Waals surface area contributed by atoms with Gasteiger partial charge in [-0.25, -0.2) is 12.8 Å². The SMILES string of the molecule is C[C@H](NS(=O)(=O)c1ccccc1)C(=O)N1CCN(CC(=O)Nc2ccc(F)cc2)CC1. The van der Waals surface area contributed by atoms with Gasteiger partial charge in [0.05, 0.1) is 17.5 Å². The maximum absolute atomic E-state index is 12.9. The summed E-state index contributed by atoms with van der Waals surface area (Å²) in [6, 6.07) is 12.5. The van der Waals surface area contributed by atoms with Crippen molar-refractivity contribution < 1.29 is 22.4 Å². The summed E-state index contributed by atoms with van der Waals surface area (Å²) in [4.78, 5) is 28.4. The fraction of sp³-hybridized carbons (Fsp3) is 0.333. The zero-order valence-electron chi connectivity index (χ0n) is 17.1. The minimum Gasteiger partial charge on any atom is -0.339 e. The maximum atomic E-state index is 12.9. The molecular formula is C21H25FN4O4S. The first-order chi connectivity index (χ1) is 14.7. The number of carbonyl (C=O) groups excluding carboxylic acids is 2. The van der Waals surface area contributed by atoms with Gasteiger partial charge >= 0.3 is 0 Å². The van der Waals surface area contributed by atoms with Crippen molar-refractivity contribution in [3.63, 3.8) is 0 Å². The van der Waals surface area contributed by atoms with Crippen LogP contribution in [0.25, 0.3) is 0 Å². The predicted octanol–water partition coefficient (Wildman–Crippen LogP) is 1.28. The number of anilines is 1. The van der Waals surface area contributed by atoms with Crippen LogP contribution in [0.3, 0.4) is 0 Å². The minimum absolute atomic E-state index is 0.103. The summed E-state index contributed by atoms with van der Waals surface area (Å²) in [7, 11) is -3.79. The second-order valence-corrected chi connectivity index (χ2v) is 9.03. The highest BCUT2D eigenvalue weighted by Gasteiger charge is 2.28. The zero-order valence-corrected chi connectivity index (χ0v) is 17.9. The molecule has 2 aromatic rings. The first kappa shape index (κ1) is 22.9. The van der Waals surface area contributed by atoms with Gasteiger partial charge in [-0.05, 0) is 43.3 Å². The van der Waals surface area contributed by atoms with Gasteiger partial charge in [0.25, 0.3) is 0 Å². The summed E-state index contributed by atoms with van der Waals surface area (Å²) < 4.78 is 40.2. The quantitative estimate of drug-likeness (QED) is 0.665. The van der Waals surface area contributed by atoms with Gasteiger partial charge in [0.1, 0.15) is 5.82 Å². The lowest BCUT2D eigenvalue weighted by Crippen LogP contribution is -2.54. The third-order valence-corrected chi connectivity index (χ3v) is 6.49. The Hall–Kier alpha value is -2.82. The van der Waals surface area contributed by atoms with Crippen LogP contribution in [0.1, 0.15) is 6.92 Å². The standard InChI is InChI=1S/C21H25FN4O4S/c1-16(24-31(29,30)19-5-3-2-4-6-19)21(28)26-13-11-25(12-14-26)15-20(27)23-18-9-7-17(22)8-10-18/h2-10,16,24H,11-15H2,1H3,(H,23,27)/t16-/m0/s1. The summed E-state index contributed by atoms with van der Waals surface area (Å²) in [6.07, 6.45) is 0. The molecular weight excluding hydrogens is 423 g/mol. The number of nitrogens with one attached hydrogen (secondary N) is 2. The Bertz CT molecular complexity index is 1010. The molecule has 3 rings (SSSR count). The molecule has 1 aliphatic heterocycles. The Balaban J connectivity index is 1.46. The number of sulfonamides is 1. The molecule has 8 nitrogen and oxygen atoms in total. The van der Waals surface area contributed by atoms with E-state index in [0.717, 1.165) is 0 Å². The van der Waals surface area contributed by atoms with Crippen LogP contribution in [0, 0.1) is 5.82 Å². The van der Waals surface area contributed by atoms with Crippen molar-refractivity contribution in [3.05, 3.63) is 60.4 Å². The number of carbonyl (C=O) groups is 2. The molecule has 0 unspecified atom stereocenters. The average molecular weight is 449 g/mol. The number of nitrogens with zero attached hydrogens (tertiary/aromatic N) is 2. The third-order valence-electron chi connectivity index (χ3n) is 4.94. The molecule has 166 valence electrons. The lowest BCUT2D eigenvalue weighted by atomic mass is 10.2. The molecule has 2 N–H and O–H groups in total. The molecule has 1 fully saturated rings. The van der Waals surface area contributed by atoms with E-state index in [-0.39, 0.29) is 29.1 Å². The topological polar surface area (TPSA) is 98.8 Å². The summed E-state index contributed by atoms with van der Waals surface area (Å²) in [5.74, 6) is -0.913. The van der Waals surface area contributed by atoms with Gasteiger partial charge < -0.3 is 10.2 Å². The van der Waals surface area contributed by atoms with E-state index in [9.17, 15) is 22.4 Å². The van der Waals surface area contributed by atoms with Gasteiger partial charge in [0, 0.05) is 31.9 Å². The van der Waals surface area contributed by atoms with Gasteiger partial charge in [0.2, 0.25) is 21.8 Å². The minimum atomic E-state index is -3.79. The molecule has 1 heterocycles. The highest BCUT2D eigenvalue weighted by Crippen LogP contribution is 2.11. The molecule has 0 radical (unpaired) electrons. The molecule has 31 heavy (non-hydrogen) atoms. The van der Waals surface area contributed by atoms with Crippen LogP contribution in [-0.4, -0.2) is 68.8 Å². The van der Waals surface area contributed by atoms with Gasteiger partial charge in [-0.2, -0.15) is 4.72 Å². The van der Waals surface area contributed by atoms with Gasteiger partial charge in [0.15, 0.2) is 0 Å². The molecule has 2 aromatic carbocycles. The molecule has 0 saturated carbocycles. The normalized spacial score (nSPS) is 16.0. The van der Waals surface area contributed by atoms with E-state index in [1.165, 1.54) is 43.3 Å². The Morgan fingerprint density at radius 3 is 2.23 bits per heavy atom. The van der Waals surface area contributed by atoms with Crippen molar-refractivity contribution in [2.75, 3.05) is 38.0 Å². The number of hydrogen-bond donors (Lipinski definition) is 2. The first-order valence-electron chi connectivity index (χ1n) is 9.88. The molecule has 0 spiro atoms. The number of amides is 2. The van der Waals surface area contributed by atoms with Crippen molar-refractivity contribution in [3.8, 4) is 0 Å². The first-order valence-corrected chi connectivity index (χ1v) is 11.4. The van der Waals surface area contributed by atoms with E-state index in [4.69, 9.17) is 0 Å². The lowest BCUT2D eigenvalue weighted by Gasteiger charge is -2.35. The molecule has 10 heteroatoms. The van der Waals surface area contributed by atoms with Crippen molar-refractivity contribution in [1.29, 1.82) is 0 Å². The summed E-state index contributed by atoms with van der Waals surface area (Å²) in [5.41, 5.74) is 0.514. The molecule has 0 aliphatic carbocycles. The smallest absolute Gasteiger partial charge is 0.241 e.